The second kappa shape index (κ2) is 9.94. The number of hydrogen-bond donors (Lipinski definition) is 2. The maximum absolute atomic E-state index is 12.2. The fourth-order valence-electron chi connectivity index (χ4n) is 3.13. The molecule has 1 aromatic carbocycles. The SMILES string of the molecule is CC#CCC(C)C(O)C=CC1CCC(=O)N1CCc1ccc(C(=O)O)cc1. The van der Waals surface area contributed by atoms with Crippen molar-refractivity contribution in [3.05, 3.63) is 47.5 Å². The molecule has 1 heterocycles. The highest BCUT2D eigenvalue weighted by Gasteiger charge is 2.28. The molecule has 27 heavy (non-hydrogen) atoms. The average Bonchev–Trinajstić information content (AvgIpc) is 3.02. The van der Waals surface area contributed by atoms with Gasteiger partial charge in [0.1, 0.15) is 0 Å². The Morgan fingerprint density at radius 1 is 1.37 bits per heavy atom. The van der Waals surface area contributed by atoms with Gasteiger partial charge < -0.3 is 15.1 Å². The molecule has 3 atom stereocenters. The highest BCUT2D eigenvalue weighted by atomic mass is 16.4. The number of carboxylic acid groups (broad SMARTS) is 1. The van der Waals surface area contributed by atoms with Gasteiger partial charge in [-0.1, -0.05) is 31.2 Å². The van der Waals surface area contributed by atoms with Gasteiger partial charge in [0, 0.05) is 19.4 Å². The molecule has 5 nitrogen and oxygen atoms in total. The lowest BCUT2D eigenvalue weighted by atomic mass is 10.00. The minimum Gasteiger partial charge on any atom is -0.478 e. The Bertz CT molecular complexity index is 742. The molecule has 1 aliphatic heterocycles. The Morgan fingerprint density at radius 3 is 2.70 bits per heavy atom. The third-order valence-corrected chi connectivity index (χ3v) is 4.93. The van der Waals surface area contributed by atoms with E-state index in [1.54, 1.807) is 37.3 Å². The van der Waals surface area contributed by atoms with Crippen molar-refractivity contribution in [2.45, 2.75) is 51.7 Å². The molecule has 2 rings (SSSR count). The third-order valence-electron chi connectivity index (χ3n) is 4.93. The summed E-state index contributed by atoms with van der Waals surface area (Å²) < 4.78 is 0. The fourth-order valence-corrected chi connectivity index (χ4v) is 3.13. The molecule has 0 radical (unpaired) electrons. The summed E-state index contributed by atoms with van der Waals surface area (Å²) in [5, 5.41) is 19.2. The molecule has 0 bridgehead atoms. The Hall–Kier alpha value is -2.58. The van der Waals surface area contributed by atoms with Crippen LogP contribution >= 0.6 is 0 Å². The molecule has 1 fully saturated rings. The van der Waals surface area contributed by atoms with Crippen molar-refractivity contribution in [1.82, 2.24) is 4.90 Å². The summed E-state index contributed by atoms with van der Waals surface area (Å²) in [5.74, 6) is 5.03. The summed E-state index contributed by atoms with van der Waals surface area (Å²) in [4.78, 5) is 25.0. The Balaban J connectivity index is 1.93. The van der Waals surface area contributed by atoms with Gasteiger partial charge in [-0.05, 0) is 43.4 Å². The van der Waals surface area contributed by atoms with E-state index in [2.05, 4.69) is 11.8 Å². The van der Waals surface area contributed by atoms with Gasteiger partial charge in [-0.2, -0.15) is 0 Å². The topological polar surface area (TPSA) is 77.8 Å². The second-order valence-corrected chi connectivity index (χ2v) is 6.93. The van der Waals surface area contributed by atoms with Crippen LogP contribution in [0.1, 0.15) is 49.0 Å². The minimum absolute atomic E-state index is 0.00472. The number of benzene rings is 1. The predicted octanol–water partition coefficient (Wildman–Crippen LogP) is 2.88. The van der Waals surface area contributed by atoms with Crippen molar-refractivity contribution in [2.75, 3.05) is 6.54 Å². The second-order valence-electron chi connectivity index (χ2n) is 6.93. The van der Waals surface area contributed by atoms with Crippen LogP contribution < -0.4 is 0 Å². The van der Waals surface area contributed by atoms with E-state index < -0.39 is 12.1 Å². The Kier molecular flexibility index (Phi) is 7.63. The first kappa shape index (κ1) is 20.7. The standard InChI is InChI=1S/C22H27NO4/c1-3-4-5-16(2)20(24)12-10-19-11-13-21(25)23(19)15-14-17-6-8-18(9-7-17)22(26)27/h6-10,12,16,19-20,24H,5,11,13-15H2,1-2H3,(H,26,27). The molecule has 0 saturated carbocycles. The highest BCUT2D eigenvalue weighted by molar-refractivity contribution is 5.87. The van der Waals surface area contributed by atoms with Gasteiger partial charge >= 0.3 is 5.97 Å². The van der Waals surface area contributed by atoms with Crippen LogP contribution in [0, 0.1) is 17.8 Å². The van der Waals surface area contributed by atoms with Crippen molar-refractivity contribution in [3.8, 4) is 11.8 Å². The molecule has 0 aromatic heterocycles. The first-order chi connectivity index (χ1) is 12.9. The fraction of sp³-hybridized carbons (Fsp3) is 0.455. The number of carbonyl (C=O) groups excluding carboxylic acids is 1. The maximum atomic E-state index is 12.2. The van der Waals surface area contributed by atoms with Gasteiger partial charge in [-0.25, -0.2) is 4.79 Å². The lowest BCUT2D eigenvalue weighted by Gasteiger charge is -2.23. The molecule has 5 heteroatoms. The maximum Gasteiger partial charge on any atom is 0.335 e. The largest absolute Gasteiger partial charge is 0.478 e. The van der Waals surface area contributed by atoms with Crippen molar-refractivity contribution < 1.29 is 19.8 Å². The summed E-state index contributed by atoms with van der Waals surface area (Å²) in [6, 6.07) is 6.73. The smallest absolute Gasteiger partial charge is 0.335 e. The number of hydrogen-bond acceptors (Lipinski definition) is 3. The van der Waals surface area contributed by atoms with Gasteiger partial charge in [0.25, 0.3) is 0 Å². The third kappa shape index (κ3) is 5.97. The van der Waals surface area contributed by atoms with Gasteiger partial charge in [-0.15, -0.1) is 11.8 Å². The number of amides is 1. The van der Waals surface area contributed by atoms with Gasteiger partial charge in [-0.3, -0.25) is 4.79 Å². The van der Waals surface area contributed by atoms with E-state index in [0.717, 1.165) is 12.0 Å². The number of aliphatic hydroxyl groups excluding tert-OH is 1. The highest BCUT2D eigenvalue weighted by Crippen LogP contribution is 2.21. The number of nitrogens with zero attached hydrogens (tertiary/aromatic N) is 1. The van der Waals surface area contributed by atoms with Crippen molar-refractivity contribution in [2.24, 2.45) is 5.92 Å². The first-order valence-corrected chi connectivity index (χ1v) is 9.30. The lowest BCUT2D eigenvalue weighted by molar-refractivity contribution is -0.128. The zero-order valence-electron chi connectivity index (χ0n) is 15.9. The van der Waals surface area contributed by atoms with Crippen molar-refractivity contribution in [3.63, 3.8) is 0 Å². The number of carbonyl (C=O) groups is 2. The van der Waals surface area contributed by atoms with E-state index in [1.165, 1.54) is 0 Å². The molecule has 3 unspecified atom stereocenters. The number of aromatic carboxylic acids is 1. The molecular weight excluding hydrogens is 342 g/mol. The Morgan fingerprint density at radius 2 is 2.07 bits per heavy atom. The van der Waals surface area contributed by atoms with E-state index >= 15 is 0 Å². The van der Waals surface area contributed by atoms with E-state index in [9.17, 15) is 14.7 Å². The van der Waals surface area contributed by atoms with Gasteiger partial charge in [0.05, 0.1) is 17.7 Å². The van der Waals surface area contributed by atoms with Crippen molar-refractivity contribution >= 4 is 11.9 Å². The van der Waals surface area contributed by atoms with Crippen LogP contribution in [0.25, 0.3) is 0 Å². The molecule has 1 saturated heterocycles. The van der Waals surface area contributed by atoms with Gasteiger partial charge in [0.15, 0.2) is 0 Å². The number of likely N-dealkylation sites (tertiary alicyclic amines) is 1. The summed E-state index contributed by atoms with van der Waals surface area (Å²) >= 11 is 0. The van der Waals surface area contributed by atoms with Crippen LogP contribution in [0.3, 0.4) is 0 Å². The minimum atomic E-state index is -0.945. The number of carboxylic acids is 1. The van der Waals surface area contributed by atoms with E-state index in [-0.39, 0.29) is 23.4 Å². The lowest BCUT2D eigenvalue weighted by Crippen LogP contribution is -2.34. The Labute approximate surface area is 160 Å². The molecule has 0 spiro atoms. The van der Waals surface area contributed by atoms with Crippen molar-refractivity contribution in [1.29, 1.82) is 0 Å². The predicted molar refractivity (Wildman–Crippen MR) is 104 cm³/mol. The van der Waals surface area contributed by atoms with Crippen LogP contribution in [0.5, 0.6) is 0 Å². The van der Waals surface area contributed by atoms with Crippen LogP contribution in [0.2, 0.25) is 0 Å². The van der Waals surface area contributed by atoms with Crippen LogP contribution in [-0.2, 0) is 11.2 Å². The molecule has 1 aromatic rings. The normalized spacial score (nSPS) is 19.0. The zero-order chi connectivity index (χ0) is 19.8. The summed E-state index contributed by atoms with van der Waals surface area (Å²) in [7, 11) is 0. The van der Waals surface area contributed by atoms with Crippen LogP contribution in [0.4, 0.5) is 0 Å². The molecule has 0 aliphatic carbocycles. The quantitative estimate of drug-likeness (QED) is 0.546. The average molecular weight is 369 g/mol. The van der Waals surface area contributed by atoms with E-state index in [4.69, 9.17) is 5.11 Å². The molecule has 144 valence electrons. The summed E-state index contributed by atoms with van der Waals surface area (Å²) in [5.41, 5.74) is 1.25. The first-order valence-electron chi connectivity index (χ1n) is 9.30. The van der Waals surface area contributed by atoms with Gasteiger partial charge in [0.2, 0.25) is 5.91 Å². The van der Waals surface area contributed by atoms with Crippen LogP contribution in [-0.4, -0.2) is 45.7 Å². The molecule has 1 aliphatic rings. The molecule has 2 N–H and O–H groups in total. The summed E-state index contributed by atoms with van der Waals surface area (Å²) in [6.45, 7) is 4.32. The van der Waals surface area contributed by atoms with E-state index in [0.29, 0.717) is 25.8 Å². The number of rotatable bonds is 8. The molecular formula is C22H27NO4. The monoisotopic (exact) mass is 369 g/mol. The summed E-state index contributed by atoms with van der Waals surface area (Å²) in [6.07, 6.45) is 5.71. The number of aliphatic hydroxyl groups is 1. The van der Waals surface area contributed by atoms with E-state index in [1.807, 2.05) is 17.9 Å². The van der Waals surface area contributed by atoms with Crippen LogP contribution in [0.15, 0.2) is 36.4 Å². The zero-order valence-corrected chi connectivity index (χ0v) is 15.9. The molecule has 1 amide bonds.